The fourth-order valence-electron chi connectivity index (χ4n) is 1.89. The lowest BCUT2D eigenvalue weighted by molar-refractivity contribution is 0.639. The summed E-state index contributed by atoms with van der Waals surface area (Å²) in [7, 11) is 1.82. The van der Waals surface area contributed by atoms with Gasteiger partial charge >= 0.3 is 0 Å². The zero-order valence-corrected chi connectivity index (χ0v) is 9.14. The number of hydrogen-bond acceptors (Lipinski definition) is 4. The number of hydrogen-bond donors (Lipinski definition) is 2. The molecule has 0 amide bonds. The zero-order chi connectivity index (χ0) is 11.3. The van der Waals surface area contributed by atoms with Gasteiger partial charge in [-0.3, -0.25) is 10.4 Å². The van der Waals surface area contributed by atoms with Gasteiger partial charge in [0.2, 0.25) is 0 Å². The van der Waals surface area contributed by atoms with E-state index in [1.165, 1.54) is 6.07 Å². The Bertz CT molecular complexity index is 587. The number of nitrogens with one attached hydrogen (secondary N) is 2. The molecule has 2 heterocycles. The summed E-state index contributed by atoms with van der Waals surface area (Å²) in [6, 6.07) is 4.84. The monoisotopic (exact) mass is 238 g/mol. The number of pyridine rings is 1. The molecule has 0 radical (unpaired) electrons. The number of halogens is 2. The Kier molecular flexibility index (Phi) is 1.92. The molecule has 1 aromatic heterocycles. The molecule has 3 rings (SSSR count). The summed E-state index contributed by atoms with van der Waals surface area (Å²) in [5.41, 5.74) is 6.51. The summed E-state index contributed by atoms with van der Waals surface area (Å²) in [5, 5.41) is 2.98. The Hall–Kier alpha value is -1.59. The molecule has 4 nitrogen and oxygen atoms in total. The average molecular weight is 239 g/mol. The lowest BCUT2D eigenvalue weighted by atomic mass is 10.1. The minimum absolute atomic E-state index is 0.163. The van der Waals surface area contributed by atoms with Gasteiger partial charge in [-0.2, -0.15) is 0 Å². The van der Waals surface area contributed by atoms with Crippen LogP contribution in [-0.2, 0) is 0 Å². The van der Waals surface area contributed by atoms with Crippen molar-refractivity contribution in [1.82, 2.24) is 10.5 Å². The van der Waals surface area contributed by atoms with Crippen molar-refractivity contribution < 1.29 is 4.39 Å². The molecule has 2 N–H and O–H groups in total. The zero-order valence-electron chi connectivity index (χ0n) is 8.38. The molecule has 16 heavy (non-hydrogen) atoms. The molecule has 0 spiro atoms. The fourth-order valence-corrected chi connectivity index (χ4v) is 2.16. The van der Waals surface area contributed by atoms with Crippen LogP contribution < -0.4 is 16.0 Å². The van der Waals surface area contributed by atoms with E-state index >= 15 is 0 Å². The van der Waals surface area contributed by atoms with Crippen molar-refractivity contribution in [3.05, 3.63) is 29.2 Å². The van der Waals surface area contributed by atoms with Crippen LogP contribution in [0.1, 0.15) is 0 Å². The molecule has 1 aliphatic rings. The number of hydrazine groups is 2. The Balaban J connectivity index is 2.48. The van der Waals surface area contributed by atoms with Crippen LogP contribution in [0.5, 0.6) is 0 Å². The van der Waals surface area contributed by atoms with Crippen molar-refractivity contribution in [2.24, 2.45) is 0 Å². The molecule has 0 saturated carbocycles. The molecule has 82 valence electrons. The second-order valence-corrected chi connectivity index (χ2v) is 3.92. The van der Waals surface area contributed by atoms with Gasteiger partial charge < -0.3 is 0 Å². The van der Waals surface area contributed by atoms with E-state index in [0.717, 1.165) is 11.1 Å². The third-order valence-corrected chi connectivity index (χ3v) is 2.86. The van der Waals surface area contributed by atoms with Gasteiger partial charge in [0.1, 0.15) is 16.7 Å². The Labute approximate surface area is 96.0 Å². The van der Waals surface area contributed by atoms with Gasteiger partial charge in [0.05, 0.1) is 5.39 Å². The molecular weight excluding hydrogens is 231 g/mol. The molecule has 0 saturated heterocycles. The summed E-state index contributed by atoms with van der Waals surface area (Å²) in [5.74, 6) is 0.240. The minimum atomic E-state index is -0.363. The SMILES string of the molecule is CN1NNc2nc(Cl)c3c(F)cccc3c21. The maximum absolute atomic E-state index is 13.7. The maximum atomic E-state index is 13.7. The molecule has 0 bridgehead atoms. The third-order valence-electron chi connectivity index (χ3n) is 2.59. The second-order valence-electron chi connectivity index (χ2n) is 3.56. The van der Waals surface area contributed by atoms with Crippen molar-refractivity contribution in [2.75, 3.05) is 17.5 Å². The smallest absolute Gasteiger partial charge is 0.169 e. The molecule has 0 unspecified atom stereocenters. The largest absolute Gasteiger partial charge is 0.290 e. The number of nitrogens with zero attached hydrogens (tertiary/aromatic N) is 2. The quantitative estimate of drug-likeness (QED) is 0.691. The number of aromatic nitrogens is 1. The molecule has 1 aromatic carbocycles. The first-order valence-electron chi connectivity index (χ1n) is 4.71. The first-order valence-corrected chi connectivity index (χ1v) is 5.09. The third kappa shape index (κ3) is 1.15. The van der Waals surface area contributed by atoms with Crippen LogP contribution in [-0.4, -0.2) is 12.0 Å². The highest BCUT2D eigenvalue weighted by Crippen LogP contribution is 2.38. The van der Waals surface area contributed by atoms with Gasteiger partial charge in [0.25, 0.3) is 0 Å². The molecule has 0 fully saturated rings. The molecule has 2 aromatic rings. The molecule has 0 atom stereocenters. The van der Waals surface area contributed by atoms with Crippen molar-refractivity contribution in [3.63, 3.8) is 0 Å². The van der Waals surface area contributed by atoms with Crippen molar-refractivity contribution in [2.45, 2.75) is 0 Å². The van der Waals surface area contributed by atoms with Gasteiger partial charge in [-0.1, -0.05) is 23.7 Å². The lowest BCUT2D eigenvalue weighted by Crippen LogP contribution is -2.31. The minimum Gasteiger partial charge on any atom is -0.290 e. The second kappa shape index (κ2) is 3.20. The normalized spacial score (nSPS) is 14.1. The topological polar surface area (TPSA) is 40.2 Å². The molecular formula is C10H8ClFN4. The van der Waals surface area contributed by atoms with Crippen molar-refractivity contribution in [3.8, 4) is 0 Å². The van der Waals surface area contributed by atoms with Gasteiger partial charge in [-0.25, -0.2) is 9.37 Å². The van der Waals surface area contributed by atoms with Crippen LogP contribution >= 0.6 is 11.6 Å². The number of benzene rings is 1. The van der Waals surface area contributed by atoms with Gasteiger partial charge in [-0.15, -0.1) is 5.53 Å². The average Bonchev–Trinajstić information content (AvgIpc) is 2.60. The highest BCUT2D eigenvalue weighted by Gasteiger charge is 2.22. The number of fused-ring (bicyclic) bond motifs is 3. The summed E-state index contributed by atoms with van der Waals surface area (Å²) in [4.78, 5) is 4.10. The first-order chi connectivity index (χ1) is 7.68. The summed E-state index contributed by atoms with van der Waals surface area (Å²) >= 11 is 5.96. The van der Waals surface area contributed by atoms with Crippen molar-refractivity contribution >= 4 is 33.9 Å². The van der Waals surface area contributed by atoms with E-state index in [0.29, 0.717) is 11.2 Å². The predicted octanol–water partition coefficient (Wildman–Crippen LogP) is 2.31. The van der Waals surface area contributed by atoms with E-state index in [1.807, 2.05) is 13.1 Å². The predicted molar refractivity (Wildman–Crippen MR) is 61.9 cm³/mol. The standard InChI is InChI=1S/C10H8ClFN4/c1-16-8-5-3-2-4-6(12)7(5)9(11)13-10(8)14-15-16/h2-4,15H,1H3,(H,13,14). The maximum Gasteiger partial charge on any atom is 0.169 e. The van der Waals surface area contributed by atoms with E-state index in [1.54, 1.807) is 11.1 Å². The summed E-state index contributed by atoms with van der Waals surface area (Å²) in [6.07, 6.45) is 0. The summed E-state index contributed by atoms with van der Waals surface area (Å²) < 4.78 is 13.7. The van der Waals surface area contributed by atoms with Crippen LogP contribution in [0.25, 0.3) is 10.8 Å². The van der Waals surface area contributed by atoms with Crippen LogP contribution in [0.3, 0.4) is 0 Å². The van der Waals surface area contributed by atoms with Crippen molar-refractivity contribution in [1.29, 1.82) is 0 Å². The molecule has 1 aliphatic heterocycles. The highest BCUT2D eigenvalue weighted by atomic mass is 35.5. The van der Waals surface area contributed by atoms with Gasteiger partial charge in [-0.05, 0) is 6.07 Å². The number of rotatable bonds is 0. The number of anilines is 2. The van der Waals surface area contributed by atoms with E-state index in [2.05, 4.69) is 15.9 Å². The van der Waals surface area contributed by atoms with E-state index in [-0.39, 0.29) is 11.0 Å². The molecule has 6 heteroatoms. The van der Waals surface area contributed by atoms with Crippen LogP contribution in [0.15, 0.2) is 18.2 Å². The Morgan fingerprint density at radius 1 is 1.44 bits per heavy atom. The van der Waals surface area contributed by atoms with E-state index < -0.39 is 0 Å². The Morgan fingerprint density at radius 3 is 3.06 bits per heavy atom. The Morgan fingerprint density at radius 2 is 2.25 bits per heavy atom. The van der Waals surface area contributed by atoms with E-state index in [4.69, 9.17) is 11.6 Å². The fraction of sp³-hybridized carbons (Fsp3) is 0.100. The van der Waals surface area contributed by atoms with Crippen LogP contribution in [0.4, 0.5) is 15.9 Å². The highest BCUT2D eigenvalue weighted by molar-refractivity contribution is 6.35. The molecule has 0 aliphatic carbocycles. The van der Waals surface area contributed by atoms with Crippen LogP contribution in [0.2, 0.25) is 5.15 Å². The lowest BCUT2D eigenvalue weighted by Gasteiger charge is -2.12. The van der Waals surface area contributed by atoms with Gasteiger partial charge in [0.15, 0.2) is 5.82 Å². The van der Waals surface area contributed by atoms with Gasteiger partial charge in [0, 0.05) is 12.4 Å². The summed E-state index contributed by atoms with van der Waals surface area (Å²) in [6.45, 7) is 0. The van der Waals surface area contributed by atoms with Crippen LogP contribution in [0, 0.1) is 5.82 Å². The van der Waals surface area contributed by atoms with E-state index in [9.17, 15) is 4.39 Å². The first kappa shape index (κ1) is 9.62.